The summed E-state index contributed by atoms with van der Waals surface area (Å²) in [5.74, 6) is 0.898. The topological polar surface area (TPSA) is 51.2 Å². The van der Waals surface area contributed by atoms with Crippen LogP contribution in [0.2, 0.25) is 0 Å². The predicted molar refractivity (Wildman–Crippen MR) is 116 cm³/mol. The molecule has 0 unspecified atom stereocenters. The van der Waals surface area contributed by atoms with Gasteiger partial charge in [0.25, 0.3) is 5.91 Å². The first-order valence-corrected chi connectivity index (χ1v) is 10.4. The van der Waals surface area contributed by atoms with Gasteiger partial charge in [0.15, 0.2) is 0 Å². The van der Waals surface area contributed by atoms with Gasteiger partial charge in [-0.05, 0) is 35.7 Å². The number of anilines is 1. The molecule has 2 heterocycles. The van der Waals surface area contributed by atoms with Crippen molar-refractivity contribution in [1.82, 2.24) is 4.90 Å². The molecule has 0 N–H and O–H groups in total. The lowest BCUT2D eigenvalue weighted by atomic mass is 9.80. The highest BCUT2D eigenvalue weighted by atomic mass is 16.5. The summed E-state index contributed by atoms with van der Waals surface area (Å²) in [5, 5.41) is 0. The van der Waals surface area contributed by atoms with Gasteiger partial charge in [0.05, 0.1) is 20.3 Å². The van der Waals surface area contributed by atoms with Crippen LogP contribution in [0.15, 0.2) is 48.5 Å². The number of rotatable bonds is 7. The van der Waals surface area contributed by atoms with E-state index in [1.807, 2.05) is 19.2 Å². The summed E-state index contributed by atoms with van der Waals surface area (Å²) >= 11 is 0. The molecule has 2 aromatic carbocycles. The monoisotopic (exact) mass is 410 g/mol. The molecular formula is C24H30N2O4. The molecule has 0 saturated carbocycles. The van der Waals surface area contributed by atoms with Gasteiger partial charge in [-0.3, -0.25) is 4.79 Å². The fraction of sp³-hybridized carbons (Fsp3) is 0.458. The zero-order valence-corrected chi connectivity index (χ0v) is 18.0. The number of ether oxygens (including phenoxy) is 3. The average molecular weight is 411 g/mol. The van der Waals surface area contributed by atoms with Gasteiger partial charge in [0.1, 0.15) is 11.9 Å². The first kappa shape index (κ1) is 20.7. The van der Waals surface area contributed by atoms with E-state index >= 15 is 0 Å². The summed E-state index contributed by atoms with van der Waals surface area (Å²) in [4.78, 5) is 17.0. The van der Waals surface area contributed by atoms with Gasteiger partial charge in [-0.15, -0.1) is 0 Å². The molecule has 6 heteroatoms. The normalized spacial score (nSPS) is 22.4. The van der Waals surface area contributed by atoms with Crippen molar-refractivity contribution in [1.29, 1.82) is 0 Å². The van der Waals surface area contributed by atoms with E-state index in [9.17, 15) is 4.79 Å². The third-order valence-electron chi connectivity index (χ3n) is 6.26. The molecule has 2 atom stereocenters. The largest absolute Gasteiger partial charge is 0.497 e. The van der Waals surface area contributed by atoms with Crippen molar-refractivity contribution in [3.63, 3.8) is 0 Å². The second-order valence-electron chi connectivity index (χ2n) is 8.26. The molecule has 1 spiro atoms. The zero-order chi connectivity index (χ0) is 21.1. The van der Waals surface area contributed by atoms with Crippen LogP contribution in [-0.4, -0.2) is 64.5 Å². The van der Waals surface area contributed by atoms with E-state index < -0.39 is 6.10 Å². The van der Waals surface area contributed by atoms with E-state index in [1.54, 1.807) is 19.1 Å². The molecule has 4 rings (SSSR count). The Morgan fingerprint density at radius 3 is 2.70 bits per heavy atom. The summed E-state index contributed by atoms with van der Waals surface area (Å²) < 4.78 is 16.4. The maximum atomic E-state index is 12.9. The fourth-order valence-corrected chi connectivity index (χ4v) is 4.60. The van der Waals surface area contributed by atoms with Crippen molar-refractivity contribution in [2.24, 2.45) is 0 Å². The number of hydrogen-bond donors (Lipinski definition) is 0. The van der Waals surface area contributed by atoms with Crippen molar-refractivity contribution in [2.75, 3.05) is 52.5 Å². The molecule has 0 aliphatic carbocycles. The van der Waals surface area contributed by atoms with Crippen LogP contribution in [0.3, 0.4) is 0 Å². The van der Waals surface area contributed by atoms with Gasteiger partial charge in [0.2, 0.25) is 0 Å². The molecule has 2 aliphatic rings. The first-order chi connectivity index (χ1) is 14.6. The Hall–Kier alpha value is -2.57. The van der Waals surface area contributed by atoms with Gasteiger partial charge in [-0.25, -0.2) is 0 Å². The molecule has 1 fully saturated rings. The molecule has 2 aliphatic heterocycles. The van der Waals surface area contributed by atoms with Crippen LogP contribution in [-0.2, 0) is 26.2 Å². The molecular weight excluding hydrogens is 380 g/mol. The van der Waals surface area contributed by atoms with Crippen molar-refractivity contribution in [3.05, 3.63) is 59.7 Å². The number of hydrogen-bond acceptors (Lipinski definition) is 5. The Bertz CT molecular complexity index is 885. The number of carbonyl (C=O) groups excluding carboxylic acids is 1. The molecule has 2 aromatic rings. The standard InChI is InChI=1S/C24H30N2O4/c1-25(12-13-28-2)23(27)22-14-24(17-30-22)16-26(21-7-5-4-6-20(21)24)15-18-8-10-19(29-3)11-9-18/h4-11,22H,12-17H2,1-3H3/t22-,24+/m0/s1. The average Bonchev–Trinajstić information content (AvgIpc) is 3.34. The SMILES string of the molecule is COCCN(C)C(=O)[C@@H]1C[C@]2(CO1)CN(Cc1ccc(OC)cc1)c1ccccc12. The van der Waals surface area contributed by atoms with Crippen LogP contribution in [0.5, 0.6) is 5.75 Å². The third-order valence-corrected chi connectivity index (χ3v) is 6.26. The van der Waals surface area contributed by atoms with Crippen molar-refractivity contribution in [2.45, 2.75) is 24.5 Å². The highest BCUT2D eigenvalue weighted by molar-refractivity contribution is 5.81. The molecule has 0 aromatic heterocycles. The minimum absolute atomic E-state index is 0.0370. The Morgan fingerprint density at radius 1 is 1.20 bits per heavy atom. The second-order valence-corrected chi connectivity index (χ2v) is 8.26. The molecule has 6 nitrogen and oxygen atoms in total. The smallest absolute Gasteiger partial charge is 0.251 e. The van der Waals surface area contributed by atoms with Gasteiger partial charge < -0.3 is 24.0 Å². The quantitative estimate of drug-likeness (QED) is 0.703. The Kier molecular flexibility index (Phi) is 5.97. The van der Waals surface area contributed by atoms with Gasteiger partial charge in [-0.2, -0.15) is 0 Å². The molecule has 1 amide bonds. The number of carbonyl (C=O) groups is 1. The van der Waals surface area contributed by atoms with Crippen molar-refractivity contribution in [3.8, 4) is 5.75 Å². The number of fused-ring (bicyclic) bond motifs is 2. The Balaban J connectivity index is 1.51. The molecule has 30 heavy (non-hydrogen) atoms. The van der Waals surface area contributed by atoms with Crippen LogP contribution >= 0.6 is 0 Å². The summed E-state index contributed by atoms with van der Waals surface area (Å²) in [5.41, 5.74) is 3.60. The van der Waals surface area contributed by atoms with Crippen LogP contribution in [0, 0.1) is 0 Å². The van der Waals surface area contributed by atoms with Gasteiger partial charge in [-0.1, -0.05) is 30.3 Å². The lowest BCUT2D eigenvalue weighted by molar-refractivity contribution is -0.140. The van der Waals surface area contributed by atoms with Crippen LogP contribution in [0.25, 0.3) is 0 Å². The summed E-state index contributed by atoms with van der Waals surface area (Å²) in [6.45, 7) is 3.33. The maximum absolute atomic E-state index is 12.9. The second kappa shape index (κ2) is 8.66. The number of methoxy groups -OCH3 is 2. The minimum atomic E-state index is -0.402. The Morgan fingerprint density at radius 2 is 1.97 bits per heavy atom. The summed E-state index contributed by atoms with van der Waals surface area (Å²) in [6, 6.07) is 16.7. The zero-order valence-electron chi connectivity index (χ0n) is 18.0. The molecule has 1 saturated heterocycles. The van der Waals surface area contributed by atoms with E-state index in [0.29, 0.717) is 26.2 Å². The number of amides is 1. The van der Waals surface area contributed by atoms with Crippen molar-refractivity contribution < 1.29 is 19.0 Å². The van der Waals surface area contributed by atoms with E-state index in [1.165, 1.54) is 16.8 Å². The maximum Gasteiger partial charge on any atom is 0.251 e. The lowest BCUT2D eigenvalue weighted by Gasteiger charge is -2.25. The number of likely N-dealkylation sites (N-methyl/N-ethyl adjacent to an activating group) is 1. The van der Waals surface area contributed by atoms with Gasteiger partial charge in [0, 0.05) is 44.9 Å². The summed E-state index contributed by atoms with van der Waals surface area (Å²) in [6.07, 6.45) is 0.306. The van der Waals surface area contributed by atoms with Crippen LogP contribution < -0.4 is 9.64 Å². The van der Waals surface area contributed by atoms with E-state index in [0.717, 1.165) is 18.8 Å². The highest BCUT2D eigenvalue weighted by Crippen LogP contribution is 2.47. The van der Waals surface area contributed by atoms with Crippen LogP contribution in [0.4, 0.5) is 5.69 Å². The van der Waals surface area contributed by atoms with Crippen LogP contribution in [0.1, 0.15) is 17.5 Å². The number of benzene rings is 2. The predicted octanol–water partition coefficient (Wildman–Crippen LogP) is 2.85. The highest BCUT2D eigenvalue weighted by Gasteiger charge is 2.50. The molecule has 0 radical (unpaired) electrons. The number of nitrogens with zero attached hydrogens (tertiary/aromatic N) is 2. The van der Waals surface area contributed by atoms with E-state index in [-0.39, 0.29) is 11.3 Å². The number of para-hydroxylation sites is 1. The fourth-order valence-electron chi connectivity index (χ4n) is 4.60. The lowest BCUT2D eigenvalue weighted by Crippen LogP contribution is -2.39. The van der Waals surface area contributed by atoms with Crippen molar-refractivity contribution >= 4 is 11.6 Å². The van der Waals surface area contributed by atoms with E-state index in [4.69, 9.17) is 14.2 Å². The third kappa shape index (κ3) is 3.89. The van der Waals surface area contributed by atoms with E-state index in [2.05, 4.69) is 41.3 Å². The first-order valence-electron chi connectivity index (χ1n) is 10.4. The molecule has 160 valence electrons. The minimum Gasteiger partial charge on any atom is -0.497 e. The van der Waals surface area contributed by atoms with Gasteiger partial charge >= 0.3 is 0 Å². The molecule has 0 bridgehead atoms. The Labute approximate surface area is 178 Å². The summed E-state index contributed by atoms with van der Waals surface area (Å²) in [7, 11) is 5.14.